The van der Waals surface area contributed by atoms with Crippen LogP contribution in [-0.2, 0) is 44.1 Å². The maximum Gasteiger partial charge on any atom is 0.230 e. The zero-order valence-electron chi connectivity index (χ0n) is 10.7. The zero-order valence-corrected chi connectivity index (χ0v) is 13.5. The molecule has 1 aliphatic carbocycles. The van der Waals surface area contributed by atoms with Crippen LogP contribution in [0.15, 0.2) is 24.3 Å². The van der Waals surface area contributed by atoms with Crippen LogP contribution in [0.4, 0.5) is 0 Å². The van der Waals surface area contributed by atoms with E-state index < -0.39 is 6.10 Å². The molecule has 0 aromatic heterocycles. The van der Waals surface area contributed by atoms with Crippen molar-refractivity contribution in [2.45, 2.75) is 31.0 Å². The fourth-order valence-electron chi connectivity index (χ4n) is 2.33. The van der Waals surface area contributed by atoms with Crippen molar-refractivity contribution in [3.63, 3.8) is 0 Å². The first-order chi connectivity index (χ1) is 8.72. The third kappa shape index (κ3) is 4.39. The van der Waals surface area contributed by atoms with Gasteiger partial charge in [-0.1, -0.05) is 0 Å². The van der Waals surface area contributed by atoms with E-state index in [0.717, 1.165) is 5.56 Å². The summed E-state index contributed by atoms with van der Waals surface area (Å²) in [7, 11) is 5.89. The fraction of sp³-hybridized carbons (Fsp3) is 0.500. The molecule has 2 rings (SSSR count). The summed E-state index contributed by atoms with van der Waals surface area (Å²) in [6.45, 7) is 8.01. The monoisotopic (exact) mass is 329 g/mol. The molecular formula is C14H15BNO2Y-. The van der Waals surface area contributed by atoms with Gasteiger partial charge < -0.3 is 14.7 Å². The van der Waals surface area contributed by atoms with Gasteiger partial charge in [0.2, 0.25) is 6.04 Å². The first kappa shape index (κ1) is 16.9. The van der Waals surface area contributed by atoms with Gasteiger partial charge in [0.15, 0.2) is 0 Å². The molecule has 0 spiro atoms. The molecule has 4 unspecified atom stereocenters. The van der Waals surface area contributed by atoms with Crippen LogP contribution in [0.1, 0.15) is 12.0 Å². The quantitative estimate of drug-likeness (QED) is 0.673. The van der Waals surface area contributed by atoms with E-state index in [1.807, 2.05) is 24.3 Å². The number of aliphatic hydroxyl groups excluding tert-OH is 1. The Balaban J connectivity index is 0.00000180. The van der Waals surface area contributed by atoms with Gasteiger partial charge in [0.25, 0.3) is 0 Å². The first-order valence-electron chi connectivity index (χ1n) is 6.05. The molecule has 1 aromatic carbocycles. The predicted octanol–water partition coefficient (Wildman–Crippen LogP) is 1.63. The average Bonchev–Trinajstić information content (AvgIpc) is 2.67. The van der Waals surface area contributed by atoms with Crippen molar-refractivity contribution in [3.05, 3.63) is 47.3 Å². The Morgan fingerprint density at radius 2 is 2.37 bits per heavy atom. The van der Waals surface area contributed by atoms with Crippen LogP contribution in [0, 0.1) is 18.6 Å². The standard InChI is InChI=1S/C14H15BNO2.Y/c1-16-12-7-13(17)14(15)11(12)9-18-8-10-5-3-2-4-6-10;/h2-3,5-6,11-14,17H,7-9H2;/q-1;. The Morgan fingerprint density at radius 1 is 1.58 bits per heavy atom. The van der Waals surface area contributed by atoms with Gasteiger partial charge in [0, 0.05) is 45.7 Å². The molecule has 0 bridgehead atoms. The molecule has 0 amide bonds. The number of benzene rings is 1. The minimum Gasteiger partial charge on any atom is -0.393 e. The van der Waals surface area contributed by atoms with Crippen LogP contribution in [0.25, 0.3) is 4.85 Å². The number of rotatable bonds is 4. The van der Waals surface area contributed by atoms with E-state index in [1.54, 1.807) is 0 Å². The van der Waals surface area contributed by atoms with Gasteiger partial charge in [-0.15, -0.1) is 5.56 Å². The van der Waals surface area contributed by atoms with Crippen LogP contribution < -0.4 is 0 Å². The molecular weight excluding hydrogens is 314 g/mol. The van der Waals surface area contributed by atoms with Crippen molar-refractivity contribution in [3.8, 4) is 0 Å². The minimum absolute atomic E-state index is 0. The SMILES string of the molecule is [B]C1C(O)CC([N+]#[C-])C1COCc1c[c-]ccc1.[Y]. The summed E-state index contributed by atoms with van der Waals surface area (Å²) in [4.78, 5) is 3.52. The van der Waals surface area contributed by atoms with E-state index in [2.05, 4.69) is 10.9 Å². The van der Waals surface area contributed by atoms with Crippen molar-refractivity contribution >= 4 is 7.85 Å². The number of hydrogen-bond acceptors (Lipinski definition) is 2. The van der Waals surface area contributed by atoms with E-state index in [-0.39, 0.29) is 50.5 Å². The maximum absolute atomic E-state index is 9.66. The molecule has 1 aromatic rings. The van der Waals surface area contributed by atoms with Crippen LogP contribution in [0.5, 0.6) is 0 Å². The Labute approximate surface area is 140 Å². The molecule has 0 heterocycles. The van der Waals surface area contributed by atoms with E-state index in [0.29, 0.717) is 19.6 Å². The molecule has 5 heteroatoms. The van der Waals surface area contributed by atoms with Crippen molar-refractivity contribution in [2.75, 3.05) is 6.61 Å². The number of hydrogen-bond donors (Lipinski definition) is 1. The van der Waals surface area contributed by atoms with Crippen molar-refractivity contribution in [1.29, 1.82) is 0 Å². The Kier molecular flexibility index (Phi) is 7.24. The van der Waals surface area contributed by atoms with E-state index in [1.165, 1.54) is 0 Å². The second kappa shape index (κ2) is 8.17. The van der Waals surface area contributed by atoms with Gasteiger partial charge in [0.1, 0.15) is 0 Å². The van der Waals surface area contributed by atoms with Crippen molar-refractivity contribution in [2.24, 2.45) is 5.92 Å². The summed E-state index contributed by atoms with van der Waals surface area (Å²) in [6.07, 6.45) is -0.125. The molecule has 1 aliphatic rings. The molecule has 1 saturated carbocycles. The zero-order chi connectivity index (χ0) is 13.0. The molecule has 0 saturated heterocycles. The molecule has 3 nitrogen and oxygen atoms in total. The van der Waals surface area contributed by atoms with Gasteiger partial charge in [-0.25, -0.2) is 6.57 Å². The summed E-state index contributed by atoms with van der Waals surface area (Å²) in [5.41, 5.74) is 1.05. The Bertz CT molecular complexity index is 423. The molecule has 19 heavy (non-hydrogen) atoms. The van der Waals surface area contributed by atoms with Crippen LogP contribution in [0.2, 0.25) is 5.82 Å². The summed E-state index contributed by atoms with van der Waals surface area (Å²) < 4.78 is 5.60. The molecule has 1 N–H and O–H groups in total. The number of ether oxygens (including phenoxy) is 1. The van der Waals surface area contributed by atoms with Crippen LogP contribution >= 0.6 is 0 Å². The summed E-state index contributed by atoms with van der Waals surface area (Å²) >= 11 is 0. The average molecular weight is 329 g/mol. The van der Waals surface area contributed by atoms with Gasteiger partial charge >= 0.3 is 0 Å². The van der Waals surface area contributed by atoms with Crippen molar-refractivity contribution in [1.82, 2.24) is 0 Å². The summed E-state index contributed by atoms with van der Waals surface area (Å²) in [5, 5.41) is 9.66. The van der Waals surface area contributed by atoms with E-state index in [9.17, 15) is 5.11 Å². The summed E-state index contributed by atoms with van der Waals surface area (Å²) in [6, 6.07) is 10.3. The predicted molar refractivity (Wildman–Crippen MR) is 68.9 cm³/mol. The maximum atomic E-state index is 9.66. The van der Waals surface area contributed by atoms with Gasteiger partial charge in [-0.05, 0) is 5.82 Å². The molecule has 1 fully saturated rings. The third-order valence-electron chi connectivity index (χ3n) is 3.43. The Morgan fingerprint density at radius 3 is 3.00 bits per heavy atom. The normalized spacial score (nSPS) is 29.5. The van der Waals surface area contributed by atoms with Crippen molar-refractivity contribution < 1.29 is 42.6 Å². The molecule has 0 aliphatic heterocycles. The van der Waals surface area contributed by atoms with E-state index >= 15 is 0 Å². The minimum atomic E-state index is -0.581. The van der Waals surface area contributed by atoms with Gasteiger partial charge in [-0.3, -0.25) is 0 Å². The summed E-state index contributed by atoms with van der Waals surface area (Å²) in [5.74, 6) is -0.434. The van der Waals surface area contributed by atoms with E-state index in [4.69, 9.17) is 19.2 Å². The Hall–Kier alpha value is -0.201. The second-order valence-corrected chi connectivity index (χ2v) is 4.67. The second-order valence-electron chi connectivity index (χ2n) is 4.67. The van der Waals surface area contributed by atoms with Crippen LogP contribution in [0.3, 0.4) is 0 Å². The molecule has 4 atom stereocenters. The van der Waals surface area contributed by atoms with Crippen LogP contribution in [-0.4, -0.2) is 31.7 Å². The molecule has 3 radical (unpaired) electrons. The molecule has 95 valence electrons. The number of nitrogens with zero attached hydrogens (tertiary/aromatic N) is 1. The smallest absolute Gasteiger partial charge is 0.230 e. The fourth-order valence-corrected chi connectivity index (χ4v) is 2.33. The van der Waals surface area contributed by atoms with Gasteiger partial charge in [-0.2, -0.15) is 30.3 Å². The third-order valence-corrected chi connectivity index (χ3v) is 3.43. The van der Waals surface area contributed by atoms with Gasteiger partial charge in [0.05, 0.1) is 26.5 Å². The largest absolute Gasteiger partial charge is 0.393 e. The first-order valence-corrected chi connectivity index (χ1v) is 6.05. The topological polar surface area (TPSA) is 33.8 Å². The number of aliphatic hydroxyl groups is 1.